The second-order valence-corrected chi connectivity index (χ2v) is 8.18. The molecule has 2 aromatic carbocycles. The van der Waals surface area contributed by atoms with Crippen LogP contribution in [0.4, 0.5) is 0 Å². The average molecular weight is 474 g/mol. The van der Waals surface area contributed by atoms with Crippen molar-refractivity contribution in [2.75, 3.05) is 13.2 Å². The van der Waals surface area contributed by atoms with E-state index in [-0.39, 0.29) is 6.10 Å². The largest absolute Gasteiger partial charge is 0.489 e. The monoisotopic (exact) mass is 473 g/mol. The molecule has 0 bridgehead atoms. The van der Waals surface area contributed by atoms with Crippen LogP contribution in [0, 0.1) is 18.3 Å². The quantitative estimate of drug-likeness (QED) is 0.315. The zero-order valence-electron chi connectivity index (χ0n) is 19.9. The minimum Gasteiger partial charge on any atom is -0.489 e. The fourth-order valence-electron chi connectivity index (χ4n) is 3.70. The molecular formula is C28H31N3O2S. The number of thiol groups is 1. The van der Waals surface area contributed by atoms with E-state index in [1.807, 2.05) is 75.4 Å². The molecule has 1 N–H and O–H groups in total. The minimum absolute atomic E-state index is 0.117. The lowest BCUT2D eigenvalue weighted by Crippen LogP contribution is -2.26. The maximum atomic E-state index is 9.56. The van der Waals surface area contributed by atoms with E-state index in [1.165, 1.54) is 0 Å². The lowest BCUT2D eigenvalue weighted by Gasteiger charge is -2.23. The Morgan fingerprint density at radius 1 is 1.06 bits per heavy atom. The van der Waals surface area contributed by atoms with E-state index < -0.39 is 0 Å². The van der Waals surface area contributed by atoms with E-state index in [0.717, 1.165) is 45.6 Å². The summed E-state index contributed by atoms with van der Waals surface area (Å²) >= 11 is 4.08. The number of H-pyrrole nitrogens is 1. The summed E-state index contributed by atoms with van der Waals surface area (Å²) in [4.78, 5) is 8.63. The first-order valence-corrected chi connectivity index (χ1v) is 12.1. The summed E-state index contributed by atoms with van der Waals surface area (Å²) in [5, 5.41) is 10.6. The van der Waals surface area contributed by atoms with Crippen LogP contribution in [0.2, 0.25) is 0 Å². The summed E-state index contributed by atoms with van der Waals surface area (Å²) in [6, 6.07) is 21.9. The average Bonchev–Trinajstić information content (AvgIpc) is 3.27. The maximum Gasteiger partial charge on any atom is 0.138 e. The van der Waals surface area contributed by atoms with Crippen molar-refractivity contribution in [3.63, 3.8) is 0 Å². The molecule has 0 atom stereocenters. The smallest absolute Gasteiger partial charge is 0.138 e. The second kappa shape index (κ2) is 12.8. The molecule has 0 saturated carbocycles. The van der Waals surface area contributed by atoms with Crippen LogP contribution in [0.25, 0.3) is 22.2 Å². The predicted molar refractivity (Wildman–Crippen MR) is 140 cm³/mol. The molecule has 0 unspecified atom stereocenters. The number of aromatic amines is 1. The van der Waals surface area contributed by atoms with Gasteiger partial charge in [0.1, 0.15) is 23.6 Å². The van der Waals surface area contributed by atoms with Crippen LogP contribution in [0.3, 0.4) is 0 Å². The van der Waals surface area contributed by atoms with Crippen molar-refractivity contribution in [3.05, 3.63) is 78.1 Å². The van der Waals surface area contributed by atoms with E-state index in [1.54, 1.807) is 6.20 Å². The highest BCUT2D eigenvalue weighted by Gasteiger charge is 2.18. The molecule has 0 radical (unpaired) electrons. The van der Waals surface area contributed by atoms with Gasteiger partial charge in [0.25, 0.3) is 0 Å². The highest BCUT2D eigenvalue weighted by Crippen LogP contribution is 2.32. The molecule has 0 aliphatic carbocycles. The number of ether oxygens (including phenoxy) is 2. The fraction of sp³-hybridized carbons (Fsp3) is 0.286. The summed E-state index contributed by atoms with van der Waals surface area (Å²) < 4.78 is 11.4. The fourth-order valence-corrected chi connectivity index (χ4v) is 3.87. The van der Waals surface area contributed by atoms with Gasteiger partial charge in [-0.1, -0.05) is 38.1 Å². The number of pyridine rings is 1. The third-order valence-corrected chi connectivity index (χ3v) is 5.59. The van der Waals surface area contributed by atoms with Gasteiger partial charge in [-0.3, -0.25) is 0 Å². The number of benzene rings is 2. The third-order valence-electron chi connectivity index (χ3n) is 5.30. The van der Waals surface area contributed by atoms with Gasteiger partial charge in [0.15, 0.2) is 0 Å². The summed E-state index contributed by atoms with van der Waals surface area (Å²) in [6.07, 6.45) is 3.62. The third kappa shape index (κ3) is 6.63. The normalized spacial score (nSPS) is 13.1. The molecule has 5 rings (SSSR count). The molecule has 34 heavy (non-hydrogen) atoms. The molecule has 4 aromatic rings. The van der Waals surface area contributed by atoms with Crippen molar-refractivity contribution >= 4 is 23.7 Å². The van der Waals surface area contributed by atoms with Crippen molar-refractivity contribution in [2.45, 2.75) is 44.6 Å². The Balaban J connectivity index is 0.000000306. The molecule has 5 nitrogen and oxygen atoms in total. The number of fused-ring (bicyclic) bond motifs is 1. The van der Waals surface area contributed by atoms with Crippen LogP contribution in [0.5, 0.6) is 5.75 Å². The molecule has 176 valence electrons. The summed E-state index contributed by atoms with van der Waals surface area (Å²) in [7, 11) is 0. The maximum absolute atomic E-state index is 9.56. The number of hydrogen-bond donors (Lipinski definition) is 2. The zero-order chi connectivity index (χ0) is 24.3. The minimum atomic E-state index is 0.117. The molecule has 1 aliphatic heterocycles. The Kier molecular flexibility index (Phi) is 9.57. The van der Waals surface area contributed by atoms with E-state index in [9.17, 15) is 5.26 Å². The number of rotatable bonds is 3. The lowest BCUT2D eigenvalue weighted by molar-refractivity contribution is 0.0254. The second-order valence-electron chi connectivity index (χ2n) is 7.66. The predicted octanol–water partition coefficient (Wildman–Crippen LogP) is 6.97. The molecule has 3 heterocycles. The molecule has 1 saturated heterocycles. The van der Waals surface area contributed by atoms with Crippen molar-refractivity contribution in [1.82, 2.24) is 9.97 Å². The standard InChI is InChI=1S/C20H19N3O2.C6H6S.C2H6/c1-13-10-18-17(4-7-22-20(18)23-13)14-2-3-19(15(11-14)12-21)25-16-5-8-24-9-6-16;7-6-4-2-1-3-5-6;1-2/h2-4,7,10-11,16H,5-6,8-9H2,1H3,(H,22,23);1-5,7H;1-2H3. The number of nitrogens with zero attached hydrogens (tertiary/aromatic N) is 2. The number of nitriles is 1. The Labute approximate surface area is 207 Å². The van der Waals surface area contributed by atoms with Crippen LogP contribution < -0.4 is 4.74 Å². The van der Waals surface area contributed by atoms with Crippen molar-refractivity contribution < 1.29 is 9.47 Å². The first-order valence-electron chi connectivity index (χ1n) is 11.6. The summed E-state index contributed by atoms with van der Waals surface area (Å²) in [5.41, 5.74) is 4.53. The molecule has 2 aromatic heterocycles. The van der Waals surface area contributed by atoms with Crippen LogP contribution >= 0.6 is 12.6 Å². The van der Waals surface area contributed by atoms with Crippen LogP contribution in [0.15, 0.2) is 71.8 Å². The van der Waals surface area contributed by atoms with Crippen LogP contribution in [-0.2, 0) is 4.74 Å². The Bertz CT molecular complexity index is 1230. The Morgan fingerprint density at radius 2 is 1.79 bits per heavy atom. The number of aryl methyl sites for hydroxylation is 1. The lowest BCUT2D eigenvalue weighted by atomic mass is 10.0. The van der Waals surface area contributed by atoms with E-state index >= 15 is 0 Å². The Hall–Kier alpha value is -3.27. The van der Waals surface area contributed by atoms with Gasteiger partial charge in [-0.15, -0.1) is 12.6 Å². The number of nitrogens with one attached hydrogen (secondary N) is 1. The summed E-state index contributed by atoms with van der Waals surface area (Å²) in [5.74, 6) is 0.647. The van der Waals surface area contributed by atoms with Gasteiger partial charge in [0.2, 0.25) is 0 Å². The highest BCUT2D eigenvalue weighted by molar-refractivity contribution is 7.80. The molecule has 0 spiro atoms. The number of aromatic nitrogens is 2. The topological polar surface area (TPSA) is 70.9 Å². The van der Waals surface area contributed by atoms with Gasteiger partial charge >= 0.3 is 0 Å². The SMILES string of the molecule is CC.Cc1cc2c(-c3ccc(OC4CCOCC4)c(C#N)c3)ccnc2[nH]1.Sc1ccccc1. The van der Waals surface area contributed by atoms with E-state index in [0.29, 0.717) is 24.5 Å². The molecule has 0 amide bonds. The van der Waals surface area contributed by atoms with Gasteiger partial charge in [0, 0.05) is 35.0 Å². The van der Waals surface area contributed by atoms with Gasteiger partial charge in [-0.25, -0.2) is 4.98 Å². The first kappa shape index (κ1) is 25.4. The highest BCUT2D eigenvalue weighted by atomic mass is 32.1. The number of hydrogen-bond acceptors (Lipinski definition) is 5. The van der Waals surface area contributed by atoms with Gasteiger partial charge in [-0.2, -0.15) is 5.26 Å². The van der Waals surface area contributed by atoms with Crippen molar-refractivity contribution in [2.24, 2.45) is 0 Å². The molecule has 1 aliphatic rings. The van der Waals surface area contributed by atoms with Crippen LogP contribution in [-0.4, -0.2) is 29.3 Å². The van der Waals surface area contributed by atoms with Crippen LogP contribution in [0.1, 0.15) is 37.9 Å². The summed E-state index contributed by atoms with van der Waals surface area (Å²) in [6.45, 7) is 7.44. The van der Waals surface area contributed by atoms with E-state index in [4.69, 9.17) is 9.47 Å². The molecule has 6 heteroatoms. The molecular weight excluding hydrogens is 442 g/mol. The first-order chi connectivity index (χ1) is 16.6. The van der Waals surface area contributed by atoms with Crippen molar-refractivity contribution in [1.29, 1.82) is 5.26 Å². The van der Waals surface area contributed by atoms with E-state index in [2.05, 4.69) is 34.7 Å². The van der Waals surface area contributed by atoms with Crippen molar-refractivity contribution in [3.8, 4) is 22.9 Å². The van der Waals surface area contributed by atoms with Gasteiger partial charge < -0.3 is 14.5 Å². The Morgan fingerprint density at radius 3 is 2.44 bits per heavy atom. The zero-order valence-corrected chi connectivity index (χ0v) is 20.8. The van der Waals surface area contributed by atoms with Gasteiger partial charge in [-0.05, 0) is 54.4 Å². The van der Waals surface area contributed by atoms with Gasteiger partial charge in [0.05, 0.1) is 18.8 Å². The molecule has 1 fully saturated rings.